The number of anilines is 1. The molecule has 11 heteroatoms. The van der Waals surface area contributed by atoms with Gasteiger partial charge < -0.3 is 35.0 Å². The summed E-state index contributed by atoms with van der Waals surface area (Å²) < 4.78 is 11.9. The van der Waals surface area contributed by atoms with Gasteiger partial charge in [-0.2, -0.15) is 0 Å². The molecule has 3 heterocycles. The highest BCUT2D eigenvalue weighted by atomic mass is 32.2. The Bertz CT molecular complexity index is 1430. The summed E-state index contributed by atoms with van der Waals surface area (Å²) in [5.74, 6) is 2.12. The molecule has 2 aromatic carbocycles. The minimum Gasteiger partial charge on any atom is -0.493 e. The first-order valence-electron chi connectivity index (χ1n) is 14.5. The minimum absolute atomic E-state index is 0.0443. The number of hydrogen-bond donors (Lipinski definition) is 4. The number of hydrogen-bond acceptors (Lipinski definition) is 11. The molecule has 1 fully saturated rings. The van der Waals surface area contributed by atoms with Gasteiger partial charge in [-0.15, -0.1) is 0 Å². The van der Waals surface area contributed by atoms with Crippen LogP contribution in [0.25, 0.3) is 10.9 Å². The van der Waals surface area contributed by atoms with Crippen molar-refractivity contribution in [3.8, 4) is 11.5 Å². The number of allylic oxidation sites excluding steroid dienone is 1. The Morgan fingerprint density at radius 1 is 1.12 bits per heavy atom. The van der Waals surface area contributed by atoms with E-state index in [4.69, 9.17) is 9.47 Å². The van der Waals surface area contributed by atoms with Gasteiger partial charge in [-0.25, -0.2) is 9.97 Å². The van der Waals surface area contributed by atoms with Crippen molar-refractivity contribution in [3.05, 3.63) is 77.1 Å². The molecule has 3 atom stereocenters. The van der Waals surface area contributed by atoms with Crippen molar-refractivity contribution in [2.45, 2.75) is 30.6 Å². The zero-order valence-electron chi connectivity index (χ0n) is 24.1. The van der Waals surface area contributed by atoms with Crippen LogP contribution < -0.4 is 25.4 Å². The van der Waals surface area contributed by atoms with Crippen LogP contribution in [0.5, 0.6) is 11.5 Å². The molecule has 1 aromatic heterocycles. The van der Waals surface area contributed by atoms with E-state index in [-0.39, 0.29) is 11.5 Å². The number of fused-ring (bicyclic) bond motifs is 1. The molecule has 2 aliphatic heterocycles. The highest BCUT2D eigenvalue weighted by molar-refractivity contribution is 8.04. The third-order valence-electron chi connectivity index (χ3n) is 7.89. The van der Waals surface area contributed by atoms with Crippen LogP contribution in [0, 0.1) is 0 Å². The predicted octanol–water partition coefficient (Wildman–Crippen LogP) is 3.51. The van der Waals surface area contributed by atoms with E-state index in [1.165, 1.54) is 4.91 Å². The van der Waals surface area contributed by atoms with E-state index in [9.17, 15) is 5.11 Å². The molecule has 3 aliphatic rings. The number of piperazine rings is 1. The molecule has 0 spiro atoms. The van der Waals surface area contributed by atoms with E-state index in [1.54, 1.807) is 25.2 Å². The third-order valence-corrected chi connectivity index (χ3v) is 9.02. The second-order valence-electron chi connectivity index (χ2n) is 10.9. The van der Waals surface area contributed by atoms with E-state index in [2.05, 4.69) is 54.9 Å². The molecule has 42 heavy (non-hydrogen) atoms. The molecule has 1 aliphatic carbocycles. The van der Waals surface area contributed by atoms with E-state index in [1.807, 2.05) is 42.5 Å². The predicted molar refractivity (Wildman–Crippen MR) is 167 cm³/mol. The van der Waals surface area contributed by atoms with Crippen molar-refractivity contribution in [1.29, 1.82) is 0 Å². The molecule has 0 radical (unpaired) electrons. The zero-order chi connectivity index (χ0) is 28.9. The largest absolute Gasteiger partial charge is 0.493 e. The maximum absolute atomic E-state index is 10.6. The number of methoxy groups -OCH3 is 1. The maximum atomic E-state index is 10.6. The average Bonchev–Trinajstić information content (AvgIpc) is 3.42. The number of thioether (sulfide) groups is 1. The summed E-state index contributed by atoms with van der Waals surface area (Å²) in [6, 6.07) is 13.6. The van der Waals surface area contributed by atoms with Crippen LogP contribution in [0.1, 0.15) is 24.6 Å². The summed E-state index contributed by atoms with van der Waals surface area (Å²) in [6.07, 6.45) is 6.85. The monoisotopic (exact) mass is 589 g/mol. The van der Waals surface area contributed by atoms with Crippen molar-refractivity contribution in [3.63, 3.8) is 0 Å². The summed E-state index contributed by atoms with van der Waals surface area (Å²) >= 11 is 1.67. The first-order chi connectivity index (χ1) is 20.6. The molecule has 10 nitrogen and oxygen atoms in total. The molecule has 0 bridgehead atoms. The quantitative estimate of drug-likeness (QED) is 0.195. The van der Waals surface area contributed by atoms with E-state index < -0.39 is 6.23 Å². The second-order valence-corrected chi connectivity index (χ2v) is 12.0. The van der Waals surface area contributed by atoms with Crippen LogP contribution in [0.15, 0.2) is 71.5 Å². The van der Waals surface area contributed by atoms with Gasteiger partial charge in [0, 0.05) is 61.2 Å². The lowest BCUT2D eigenvalue weighted by molar-refractivity contribution is 0.133. The Hall–Kier alpha value is -3.35. The lowest BCUT2D eigenvalue weighted by Crippen LogP contribution is -2.44. The van der Waals surface area contributed by atoms with Crippen LogP contribution >= 0.6 is 11.8 Å². The minimum atomic E-state index is -0.747. The summed E-state index contributed by atoms with van der Waals surface area (Å²) in [5.41, 5.74) is 2.66. The summed E-state index contributed by atoms with van der Waals surface area (Å²) in [7, 11) is 3.83. The Labute approximate surface area is 251 Å². The van der Waals surface area contributed by atoms with Gasteiger partial charge in [-0.3, -0.25) is 5.32 Å². The zero-order valence-corrected chi connectivity index (χ0v) is 24.9. The van der Waals surface area contributed by atoms with Crippen molar-refractivity contribution < 1.29 is 14.6 Å². The lowest BCUT2D eigenvalue weighted by Gasteiger charge is -2.32. The smallest absolute Gasteiger partial charge is 0.162 e. The summed E-state index contributed by atoms with van der Waals surface area (Å²) in [4.78, 5) is 15.1. The number of likely N-dealkylation sites (N-methyl/N-ethyl adjacent to an activating group) is 1. The fraction of sp³-hybridized carbons (Fsp3) is 0.419. The van der Waals surface area contributed by atoms with Crippen LogP contribution in [-0.2, 0) is 0 Å². The van der Waals surface area contributed by atoms with Crippen LogP contribution in [0.4, 0.5) is 5.82 Å². The van der Waals surface area contributed by atoms with Gasteiger partial charge in [0.05, 0.1) is 25.3 Å². The standard InChI is InChI=1S/C31H39N7O3S/c1-37-12-14-38(15-13-37)11-6-16-41-27-18-23-24(19-26(27)40-2)32-20-33-29(23)34-22-9-10-28-25(17-22)35-31(42-28)36-30(39)21-7-4-3-5-8-21/h3-5,7-10,18-20,22,30-31,35-36,39H,6,11-17H2,1-2H3,(H,32,33,34). The molecular weight excluding hydrogens is 550 g/mol. The van der Waals surface area contributed by atoms with Crippen molar-refractivity contribution in [2.24, 2.45) is 0 Å². The number of nitrogens with one attached hydrogen (secondary N) is 3. The normalized spacial score (nSPS) is 21.7. The topological polar surface area (TPSA) is 107 Å². The van der Waals surface area contributed by atoms with Gasteiger partial charge in [0.1, 0.15) is 23.9 Å². The first-order valence-corrected chi connectivity index (χ1v) is 15.4. The summed E-state index contributed by atoms with van der Waals surface area (Å²) in [6.45, 7) is 6.10. The molecular formula is C31H39N7O3S. The number of nitrogens with zero attached hydrogens (tertiary/aromatic N) is 4. The number of aliphatic hydroxyl groups excluding tert-OH is 1. The molecule has 6 rings (SSSR count). The molecule has 0 saturated carbocycles. The second kappa shape index (κ2) is 13.3. The van der Waals surface area contributed by atoms with Gasteiger partial charge in [-0.05, 0) is 31.2 Å². The van der Waals surface area contributed by atoms with Crippen LogP contribution in [-0.4, -0.2) is 89.9 Å². The van der Waals surface area contributed by atoms with Gasteiger partial charge in [0.2, 0.25) is 0 Å². The highest BCUT2D eigenvalue weighted by Crippen LogP contribution is 2.38. The molecule has 3 aromatic rings. The van der Waals surface area contributed by atoms with Gasteiger partial charge in [0.15, 0.2) is 11.5 Å². The number of ether oxygens (including phenoxy) is 2. The Balaban J connectivity index is 1.07. The number of aromatic nitrogens is 2. The molecule has 4 N–H and O–H groups in total. The van der Waals surface area contributed by atoms with Gasteiger partial charge >= 0.3 is 0 Å². The van der Waals surface area contributed by atoms with E-state index in [0.717, 1.165) is 73.5 Å². The van der Waals surface area contributed by atoms with Crippen LogP contribution in [0.2, 0.25) is 0 Å². The van der Waals surface area contributed by atoms with Crippen LogP contribution in [0.3, 0.4) is 0 Å². The SMILES string of the molecule is COc1cc2ncnc(NC3C=CC4=C(C3)NC(NC(O)c3ccccc3)S4)c2cc1OCCCN1CCN(C)CC1. The molecule has 0 amide bonds. The van der Waals surface area contributed by atoms with Gasteiger partial charge in [0.25, 0.3) is 0 Å². The highest BCUT2D eigenvalue weighted by Gasteiger charge is 2.29. The fourth-order valence-electron chi connectivity index (χ4n) is 5.47. The fourth-order valence-corrected chi connectivity index (χ4v) is 6.56. The molecule has 3 unspecified atom stereocenters. The Morgan fingerprint density at radius 3 is 2.76 bits per heavy atom. The third kappa shape index (κ3) is 6.82. The Morgan fingerprint density at radius 2 is 1.95 bits per heavy atom. The number of rotatable bonds is 11. The average molecular weight is 590 g/mol. The van der Waals surface area contributed by atoms with E-state index >= 15 is 0 Å². The van der Waals surface area contributed by atoms with Crippen molar-refractivity contribution >= 4 is 28.5 Å². The number of benzene rings is 2. The van der Waals surface area contributed by atoms with Crippen molar-refractivity contribution in [2.75, 3.05) is 58.8 Å². The molecule has 1 saturated heterocycles. The Kier molecular flexibility index (Phi) is 9.11. The maximum Gasteiger partial charge on any atom is 0.162 e. The van der Waals surface area contributed by atoms with Gasteiger partial charge in [-0.1, -0.05) is 48.2 Å². The first kappa shape index (κ1) is 28.8. The van der Waals surface area contributed by atoms with E-state index in [0.29, 0.717) is 18.1 Å². The number of aliphatic hydroxyl groups is 1. The molecule has 222 valence electrons. The van der Waals surface area contributed by atoms with Crippen molar-refractivity contribution in [1.82, 2.24) is 30.4 Å². The lowest BCUT2D eigenvalue weighted by atomic mass is 10.1. The summed E-state index contributed by atoms with van der Waals surface area (Å²) in [5, 5.41) is 21.9.